The number of rotatable bonds is 10. The molecule has 0 rings (SSSR count). The summed E-state index contributed by atoms with van der Waals surface area (Å²) in [5, 5.41) is 0. The molecule has 5 nitrogen and oxygen atoms in total. The fourth-order valence-electron chi connectivity index (χ4n) is 2.70. The summed E-state index contributed by atoms with van der Waals surface area (Å²) in [6.07, 6.45) is 0. The predicted molar refractivity (Wildman–Crippen MR) is 142 cm³/mol. The Kier molecular flexibility index (Phi) is 13.3. The quantitative estimate of drug-likeness (QED) is 0.342. The average Bonchev–Trinajstić information content (AvgIpc) is 2.14. The van der Waals surface area contributed by atoms with Crippen LogP contribution in [0.25, 0.3) is 0 Å². The molecule has 28 heavy (non-hydrogen) atoms. The van der Waals surface area contributed by atoms with Crippen LogP contribution in [0.2, 0.25) is 105 Å². The molecule has 0 spiro atoms. The zero-order valence-corrected chi connectivity index (χ0v) is 29.0. The van der Waals surface area contributed by atoms with E-state index >= 15 is 0 Å². The average molecular weight is 519 g/mol. The summed E-state index contributed by atoms with van der Waals surface area (Å²) in [6, 6.07) is 0. The molecule has 0 aliphatic heterocycles. The summed E-state index contributed by atoms with van der Waals surface area (Å²) in [5.74, 6) is 0. The molecule has 0 amide bonds. The van der Waals surface area contributed by atoms with E-state index in [-0.39, 0.29) is 0 Å². The van der Waals surface area contributed by atoms with E-state index in [2.05, 4.69) is 105 Å². The second-order valence-electron chi connectivity index (χ2n) is 11.6. The summed E-state index contributed by atoms with van der Waals surface area (Å²) in [4.78, 5) is 0. The highest BCUT2D eigenvalue weighted by Gasteiger charge is 2.34. The molecule has 0 radical (unpaired) electrons. The number of hydrogen-bond acceptors (Lipinski definition) is 5. The largest absolute Gasteiger partial charge is 0.439 e. The van der Waals surface area contributed by atoms with E-state index in [0.29, 0.717) is 0 Å². The molecule has 1 unspecified atom stereocenters. The summed E-state index contributed by atoms with van der Waals surface area (Å²) >= 11 is 0. The lowest BCUT2D eigenvalue weighted by Crippen LogP contribution is -2.49. The first-order chi connectivity index (χ1) is 11.9. The third kappa shape index (κ3) is 25.4. The Morgan fingerprint density at radius 2 is 0.643 bits per heavy atom. The van der Waals surface area contributed by atoms with E-state index in [1.54, 1.807) is 0 Å². The molecule has 0 bridgehead atoms. The van der Waals surface area contributed by atoms with Crippen LogP contribution in [-0.2, 0) is 20.6 Å². The zero-order valence-electron chi connectivity index (χ0n) is 21.7. The van der Waals surface area contributed by atoms with Gasteiger partial charge in [0.2, 0.25) is 0 Å². The molecular weight excluding hydrogens is 469 g/mol. The van der Waals surface area contributed by atoms with Gasteiger partial charge < -0.3 is 20.6 Å². The van der Waals surface area contributed by atoms with Crippen LogP contribution in [0, 0.1) is 0 Å². The minimum absolute atomic E-state index is 1.33. The van der Waals surface area contributed by atoms with Crippen LogP contribution in [0.15, 0.2) is 0 Å². The van der Waals surface area contributed by atoms with Gasteiger partial charge in [-0.05, 0) is 105 Å². The molecule has 1 atom stereocenters. The van der Waals surface area contributed by atoms with Gasteiger partial charge in [0.25, 0.3) is 18.6 Å². The van der Waals surface area contributed by atoms with Gasteiger partial charge in [-0.2, -0.15) is 0 Å². The first-order valence-corrected chi connectivity index (χ1v) is 31.0. The standard InChI is InChI=1S/C9H28O3Si4.C7H22O2Si3/c1-13(10-14(2,3)4)11-16(8,9)12-15(5,6)7;1-10(8-11(2,3)4)9-12(5,6)7/h13H,1-9H3;10H,1-7H3. The van der Waals surface area contributed by atoms with Gasteiger partial charge in [0, 0.05) is 0 Å². The van der Waals surface area contributed by atoms with E-state index in [4.69, 9.17) is 20.6 Å². The second kappa shape index (κ2) is 11.8. The maximum atomic E-state index is 6.14. The second-order valence-corrected chi connectivity index (χ2v) is 38.1. The Bertz CT molecular complexity index is 421. The third-order valence-electron chi connectivity index (χ3n) is 2.56. The summed E-state index contributed by atoms with van der Waals surface area (Å²) in [5.41, 5.74) is 0. The highest BCUT2D eigenvalue weighted by atomic mass is 28.5. The van der Waals surface area contributed by atoms with Crippen LogP contribution < -0.4 is 0 Å². The topological polar surface area (TPSA) is 46.2 Å². The first kappa shape index (κ1) is 31.5. The van der Waals surface area contributed by atoms with Gasteiger partial charge in [0.15, 0.2) is 33.3 Å². The Labute approximate surface area is 185 Å². The SMILES string of the molecule is C[SiH](O[Si](C)(C)C)O[Si](C)(C)C.C[SiH](O[Si](C)(C)C)O[Si](C)(C)O[Si](C)(C)C. The van der Waals surface area contributed by atoms with Crippen molar-refractivity contribution < 1.29 is 20.6 Å². The molecule has 172 valence electrons. The van der Waals surface area contributed by atoms with Crippen molar-refractivity contribution in [3.8, 4) is 0 Å². The summed E-state index contributed by atoms with van der Waals surface area (Å²) in [7, 11) is -10.5. The third-order valence-corrected chi connectivity index (χ3v) is 23.0. The molecule has 0 heterocycles. The Morgan fingerprint density at radius 3 is 0.857 bits per heavy atom. The smallest absolute Gasteiger partial charge is 0.312 e. The molecule has 0 aromatic heterocycles. The van der Waals surface area contributed by atoms with Crippen molar-refractivity contribution in [2.75, 3.05) is 0 Å². The van der Waals surface area contributed by atoms with Crippen LogP contribution in [0.5, 0.6) is 0 Å². The minimum Gasteiger partial charge on any atom is -0.439 e. The van der Waals surface area contributed by atoms with Crippen molar-refractivity contribution in [1.82, 2.24) is 0 Å². The van der Waals surface area contributed by atoms with Crippen molar-refractivity contribution in [3.05, 3.63) is 0 Å². The lowest BCUT2D eigenvalue weighted by atomic mass is 11.8. The van der Waals surface area contributed by atoms with Gasteiger partial charge in [-0.1, -0.05) is 0 Å². The highest BCUT2D eigenvalue weighted by molar-refractivity contribution is 6.85. The van der Waals surface area contributed by atoms with Crippen LogP contribution >= 0.6 is 0 Å². The molecule has 0 aromatic carbocycles. The van der Waals surface area contributed by atoms with Crippen LogP contribution in [0.1, 0.15) is 0 Å². The van der Waals surface area contributed by atoms with Gasteiger partial charge in [-0.3, -0.25) is 0 Å². The summed E-state index contributed by atoms with van der Waals surface area (Å²) in [6.45, 7) is 35.0. The van der Waals surface area contributed by atoms with Crippen LogP contribution in [0.4, 0.5) is 0 Å². The van der Waals surface area contributed by atoms with E-state index in [1.807, 2.05) is 0 Å². The molecule has 0 N–H and O–H groups in total. The molecule has 0 aromatic rings. The van der Waals surface area contributed by atoms with E-state index in [9.17, 15) is 0 Å². The summed E-state index contributed by atoms with van der Waals surface area (Å²) < 4.78 is 30.1. The molecule has 0 fully saturated rings. The zero-order chi connectivity index (χ0) is 23.2. The van der Waals surface area contributed by atoms with Gasteiger partial charge in [0.1, 0.15) is 0 Å². The van der Waals surface area contributed by atoms with Gasteiger partial charge in [0.05, 0.1) is 0 Å². The van der Waals surface area contributed by atoms with E-state index < -0.39 is 60.4 Å². The number of hydrogen-bond donors (Lipinski definition) is 0. The highest BCUT2D eigenvalue weighted by Crippen LogP contribution is 2.18. The normalized spacial score (nSPS) is 15.3. The molecule has 12 heteroatoms. The van der Waals surface area contributed by atoms with E-state index in [0.717, 1.165) is 0 Å². The van der Waals surface area contributed by atoms with E-state index in [1.165, 1.54) is 0 Å². The van der Waals surface area contributed by atoms with Gasteiger partial charge in [-0.15, -0.1) is 0 Å². The Morgan fingerprint density at radius 1 is 0.393 bits per heavy atom. The monoisotopic (exact) mass is 518 g/mol. The molecule has 0 saturated carbocycles. The maximum absolute atomic E-state index is 6.14. The van der Waals surface area contributed by atoms with Crippen molar-refractivity contribution in [1.29, 1.82) is 0 Å². The van der Waals surface area contributed by atoms with Gasteiger partial charge >= 0.3 is 8.56 Å². The molecule has 0 aliphatic carbocycles. The van der Waals surface area contributed by atoms with Crippen LogP contribution in [0.3, 0.4) is 0 Å². The fraction of sp³-hybridized carbons (Fsp3) is 1.00. The first-order valence-electron chi connectivity index (χ1n) is 10.3. The van der Waals surface area contributed by atoms with Crippen molar-refractivity contribution >= 4 is 60.4 Å². The van der Waals surface area contributed by atoms with Crippen molar-refractivity contribution in [3.63, 3.8) is 0 Å². The van der Waals surface area contributed by atoms with Gasteiger partial charge in [-0.25, -0.2) is 0 Å². The minimum atomic E-state index is -1.98. The lowest BCUT2D eigenvalue weighted by Gasteiger charge is -2.34. The molecule has 0 saturated heterocycles. The molecular formula is C16H50O5Si7. The Hall–Kier alpha value is 1.32. The predicted octanol–water partition coefficient (Wildman–Crippen LogP) is 5.80. The van der Waals surface area contributed by atoms with Crippen LogP contribution in [-0.4, -0.2) is 60.4 Å². The fourth-order valence-corrected chi connectivity index (χ4v) is 25.6. The maximum Gasteiger partial charge on any atom is 0.312 e. The molecule has 0 aliphatic rings. The van der Waals surface area contributed by atoms with Crippen molar-refractivity contribution in [2.45, 2.75) is 105 Å². The lowest BCUT2D eigenvalue weighted by molar-refractivity contribution is 0.352. The van der Waals surface area contributed by atoms with Crippen molar-refractivity contribution in [2.24, 2.45) is 0 Å². The Balaban J connectivity index is 0.